The van der Waals surface area contributed by atoms with Crippen molar-refractivity contribution in [3.8, 4) is 12.3 Å². The van der Waals surface area contributed by atoms with Crippen molar-refractivity contribution in [3.63, 3.8) is 0 Å². The molecule has 0 nitrogen and oxygen atoms in total. The third-order valence-corrected chi connectivity index (χ3v) is 4.38. The van der Waals surface area contributed by atoms with Crippen LogP contribution in [0.4, 0.5) is 0 Å². The summed E-state index contributed by atoms with van der Waals surface area (Å²) in [6, 6.07) is 9.32. The van der Waals surface area contributed by atoms with Crippen molar-refractivity contribution in [1.82, 2.24) is 0 Å². The van der Waals surface area contributed by atoms with E-state index in [0.717, 1.165) is 6.42 Å². The summed E-state index contributed by atoms with van der Waals surface area (Å²) in [6.07, 6.45) is 22.0. The van der Waals surface area contributed by atoms with E-state index in [9.17, 15) is 0 Å². The lowest BCUT2D eigenvalue weighted by Gasteiger charge is -2.05. The van der Waals surface area contributed by atoms with E-state index in [2.05, 4.69) is 37.1 Å². The molecule has 0 radical (unpaired) electrons. The molecule has 1 rings (SSSR count). The fourth-order valence-electron chi connectivity index (χ4n) is 2.89. The van der Waals surface area contributed by atoms with Crippen LogP contribution >= 0.6 is 0 Å². The minimum absolute atomic E-state index is 0.938. The van der Waals surface area contributed by atoms with Crippen LogP contribution in [0.25, 0.3) is 0 Å². The molecule has 0 fully saturated rings. The van der Waals surface area contributed by atoms with Crippen molar-refractivity contribution in [1.29, 1.82) is 0 Å². The lowest BCUT2D eigenvalue weighted by Crippen LogP contribution is -1.90. The van der Waals surface area contributed by atoms with Crippen LogP contribution in [0.15, 0.2) is 24.3 Å². The Morgan fingerprint density at radius 2 is 1.14 bits per heavy atom. The first-order chi connectivity index (χ1) is 10.9. The fraction of sp³-hybridized carbons (Fsp3) is 0.636. The van der Waals surface area contributed by atoms with Gasteiger partial charge in [0.15, 0.2) is 0 Å². The smallest absolute Gasteiger partial charge is 0.00860 e. The van der Waals surface area contributed by atoms with Gasteiger partial charge in [0.2, 0.25) is 0 Å². The van der Waals surface area contributed by atoms with Gasteiger partial charge in [-0.05, 0) is 43.2 Å². The third-order valence-electron chi connectivity index (χ3n) is 4.38. The van der Waals surface area contributed by atoms with Crippen molar-refractivity contribution >= 4 is 0 Å². The number of hydrogen-bond acceptors (Lipinski definition) is 0. The Balaban J connectivity index is 2.08. The summed E-state index contributed by atoms with van der Waals surface area (Å²) in [5.74, 6) is 2.71. The largest absolute Gasteiger partial charge is 0.120 e. The average Bonchev–Trinajstić information content (AvgIpc) is 2.55. The number of aryl methyl sites for hydroxylation is 2. The van der Waals surface area contributed by atoms with Crippen LogP contribution in [0.3, 0.4) is 0 Å². The minimum atomic E-state index is 0.938. The predicted octanol–water partition coefficient (Wildman–Crippen LogP) is 6.72. The molecule has 0 atom stereocenters. The molecule has 122 valence electrons. The van der Waals surface area contributed by atoms with Gasteiger partial charge in [0.05, 0.1) is 0 Å². The average molecular weight is 299 g/mol. The maximum Gasteiger partial charge on any atom is 0.00860 e. The molecule has 0 aromatic heterocycles. The topological polar surface area (TPSA) is 0 Å². The van der Waals surface area contributed by atoms with E-state index in [1.54, 1.807) is 0 Å². The summed E-state index contributed by atoms with van der Waals surface area (Å²) in [5.41, 5.74) is 3.00. The summed E-state index contributed by atoms with van der Waals surface area (Å²) in [4.78, 5) is 0. The molecule has 0 aliphatic heterocycles. The highest BCUT2D eigenvalue weighted by Crippen LogP contribution is 2.13. The highest BCUT2D eigenvalue weighted by atomic mass is 14.0. The predicted molar refractivity (Wildman–Crippen MR) is 99.1 cm³/mol. The first-order valence-electron chi connectivity index (χ1n) is 9.38. The number of unbranched alkanes of at least 4 members (excludes halogenated alkanes) is 9. The number of hydrogen-bond donors (Lipinski definition) is 0. The maximum absolute atomic E-state index is 5.26. The van der Waals surface area contributed by atoms with Gasteiger partial charge < -0.3 is 0 Å². The molecule has 0 aliphatic carbocycles. The van der Waals surface area contributed by atoms with Gasteiger partial charge in [-0.25, -0.2) is 0 Å². The van der Waals surface area contributed by atoms with Gasteiger partial charge in [0.1, 0.15) is 0 Å². The molecule has 1 aromatic carbocycles. The normalized spacial score (nSPS) is 10.5. The molecule has 22 heavy (non-hydrogen) atoms. The summed E-state index contributed by atoms with van der Waals surface area (Å²) in [6.45, 7) is 2.28. The van der Waals surface area contributed by atoms with Crippen molar-refractivity contribution < 1.29 is 0 Å². The second-order valence-corrected chi connectivity index (χ2v) is 6.45. The molecule has 0 bridgehead atoms. The molecule has 0 unspecified atom stereocenters. The Bertz CT molecular complexity index is 393. The molecular formula is C22H34. The van der Waals surface area contributed by atoms with Gasteiger partial charge in [-0.2, -0.15) is 0 Å². The fourth-order valence-corrected chi connectivity index (χ4v) is 2.89. The summed E-state index contributed by atoms with van der Waals surface area (Å²) < 4.78 is 0. The lowest BCUT2D eigenvalue weighted by atomic mass is 10.0. The van der Waals surface area contributed by atoms with Crippen LogP contribution in [0.2, 0.25) is 0 Å². The van der Waals surface area contributed by atoms with E-state index in [-0.39, 0.29) is 0 Å². The highest BCUT2D eigenvalue weighted by Gasteiger charge is 1.97. The zero-order valence-corrected chi connectivity index (χ0v) is 14.6. The van der Waals surface area contributed by atoms with Crippen LogP contribution in [0, 0.1) is 12.3 Å². The maximum atomic E-state index is 5.26. The zero-order chi connectivity index (χ0) is 15.9. The summed E-state index contributed by atoms with van der Waals surface area (Å²) in [7, 11) is 0. The van der Waals surface area contributed by atoms with Crippen LogP contribution in [-0.4, -0.2) is 0 Å². The Kier molecular flexibility index (Phi) is 11.5. The van der Waals surface area contributed by atoms with Gasteiger partial charge in [-0.15, -0.1) is 12.3 Å². The summed E-state index contributed by atoms with van der Waals surface area (Å²) >= 11 is 0. The van der Waals surface area contributed by atoms with Gasteiger partial charge in [-0.3, -0.25) is 0 Å². The van der Waals surface area contributed by atoms with E-state index in [1.807, 2.05) is 0 Å². The van der Waals surface area contributed by atoms with Gasteiger partial charge in [-0.1, -0.05) is 76.1 Å². The Morgan fingerprint density at radius 3 is 1.64 bits per heavy atom. The van der Waals surface area contributed by atoms with Crippen LogP contribution in [-0.2, 0) is 12.8 Å². The Hall–Kier alpha value is -1.22. The molecule has 0 amide bonds. The second kappa shape index (κ2) is 13.4. The molecule has 0 heteroatoms. The van der Waals surface area contributed by atoms with E-state index >= 15 is 0 Å². The first-order valence-corrected chi connectivity index (χ1v) is 9.38. The first kappa shape index (κ1) is 18.8. The Labute approximate surface area is 138 Å². The van der Waals surface area contributed by atoms with Crippen molar-refractivity contribution in [2.75, 3.05) is 0 Å². The zero-order valence-electron chi connectivity index (χ0n) is 14.6. The standard InChI is InChI=1S/C22H34/c1-3-5-7-9-11-13-15-21-17-19-22(20-18-21)16-14-12-10-8-6-4-2/h1,17-20H,4-16H2,2H3. The minimum Gasteiger partial charge on any atom is -0.120 e. The lowest BCUT2D eigenvalue weighted by molar-refractivity contribution is 0.607. The SMILES string of the molecule is C#CCCCCCCc1ccc(CCCCCCCC)cc1. The van der Waals surface area contributed by atoms with Crippen molar-refractivity contribution in [2.24, 2.45) is 0 Å². The molecule has 0 spiro atoms. The molecule has 0 heterocycles. The quantitative estimate of drug-likeness (QED) is 0.280. The second-order valence-electron chi connectivity index (χ2n) is 6.45. The van der Waals surface area contributed by atoms with E-state index < -0.39 is 0 Å². The van der Waals surface area contributed by atoms with E-state index in [4.69, 9.17) is 6.42 Å². The van der Waals surface area contributed by atoms with Crippen LogP contribution in [0.1, 0.15) is 88.7 Å². The van der Waals surface area contributed by atoms with Crippen LogP contribution in [0.5, 0.6) is 0 Å². The third kappa shape index (κ3) is 9.67. The molecule has 1 aromatic rings. The number of terminal acetylenes is 1. The molecular weight excluding hydrogens is 264 g/mol. The van der Waals surface area contributed by atoms with Crippen molar-refractivity contribution in [3.05, 3.63) is 35.4 Å². The molecule has 0 N–H and O–H groups in total. The number of benzene rings is 1. The van der Waals surface area contributed by atoms with Gasteiger partial charge >= 0.3 is 0 Å². The van der Waals surface area contributed by atoms with E-state index in [1.165, 1.54) is 88.2 Å². The monoisotopic (exact) mass is 298 g/mol. The number of rotatable bonds is 13. The highest BCUT2D eigenvalue weighted by molar-refractivity contribution is 5.22. The van der Waals surface area contributed by atoms with Gasteiger partial charge in [0, 0.05) is 6.42 Å². The van der Waals surface area contributed by atoms with Gasteiger partial charge in [0.25, 0.3) is 0 Å². The Morgan fingerprint density at radius 1 is 0.682 bits per heavy atom. The summed E-state index contributed by atoms with van der Waals surface area (Å²) in [5, 5.41) is 0. The molecule has 0 aliphatic rings. The molecule has 0 saturated heterocycles. The van der Waals surface area contributed by atoms with E-state index in [0.29, 0.717) is 0 Å². The molecule has 0 saturated carbocycles. The van der Waals surface area contributed by atoms with Crippen LogP contribution < -0.4 is 0 Å². The van der Waals surface area contributed by atoms with Crippen molar-refractivity contribution in [2.45, 2.75) is 90.4 Å².